The summed E-state index contributed by atoms with van der Waals surface area (Å²) in [6, 6.07) is 0. The summed E-state index contributed by atoms with van der Waals surface area (Å²) in [5.41, 5.74) is 1.01. The Balaban J connectivity index is 2.37. The molecule has 6 heteroatoms. The van der Waals surface area contributed by atoms with Crippen LogP contribution in [0.4, 0.5) is 5.00 Å². The van der Waals surface area contributed by atoms with E-state index in [-0.39, 0.29) is 6.61 Å². The van der Waals surface area contributed by atoms with E-state index in [9.17, 15) is 0 Å². The fraction of sp³-hybridized carbons (Fsp3) is 0.750. The van der Waals surface area contributed by atoms with Gasteiger partial charge < -0.3 is 10.4 Å². The Morgan fingerprint density at radius 2 is 2.43 bits per heavy atom. The van der Waals surface area contributed by atoms with E-state index in [1.54, 1.807) is 11.8 Å². The van der Waals surface area contributed by atoms with E-state index in [0.717, 1.165) is 22.9 Å². The van der Waals surface area contributed by atoms with Gasteiger partial charge >= 0.3 is 0 Å². The highest BCUT2D eigenvalue weighted by Gasteiger charge is 2.08. The van der Waals surface area contributed by atoms with Crippen molar-refractivity contribution in [1.29, 1.82) is 0 Å². The Hall–Kier alpha value is -0.330. The topological polar surface area (TPSA) is 58.0 Å². The van der Waals surface area contributed by atoms with Crippen molar-refractivity contribution in [3.8, 4) is 0 Å². The number of hydrogen-bond donors (Lipinski definition) is 2. The van der Waals surface area contributed by atoms with E-state index >= 15 is 0 Å². The highest BCUT2D eigenvalue weighted by atomic mass is 32.2. The summed E-state index contributed by atoms with van der Waals surface area (Å²) < 4.78 is 3.88. The van der Waals surface area contributed by atoms with E-state index in [2.05, 4.69) is 21.8 Å². The van der Waals surface area contributed by atoms with Gasteiger partial charge in [-0.2, -0.15) is 11.8 Å². The zero-order valence-corrected chi connectivity index (χ0v) is 9.99. The Kier molecular flexibility index (Phi) is 5.21. The van der Waals surface area contributed by atoms with Crippen LogP contribution in [0.15, 0.2) is 0 Å². The van der Waals surface area contributed by atoms with E-state index in [4.69, 9.17) is 5.11 Å². The fourth-order valence-corrected chi connectivity index (χ4v) is 2.52. The molecule has 0 aliphatic carbocycles. The van der Waals surface area contributed by atoms with Crippen molar-refractivity contribution in [3.05, 3.63) is 5.69 Å². The maximum Gasteiger partial charge on any atom is 0.133 e. The van der Waals surface area contributed by atoms with Crippen molar-refractivity contribution >= 4 is 28.3 Å². The number of thioether (sulfide) groups is 1. The normalized spacial score (nSPS) is 12.8. The molecule has 80 valence electrons. The molecule has 0 amide bonds. The maximum atomic E-state index is 8.74. The van der Waals surface area contributed by atoms with Gasteiger partial charge in [0, 0.05) is 36.2 Å². The molecular formula is C8H15N3OS2. The van der Waals surface area contributed by atoms with Crippen molar-refractivity contribution in [2.24, 2.45) is 0 Å². The van der Waals surface area contributed by atoms with Crippen LogP contribution in [-0.4, -0.2) is 33.6 Å². The predicted molar refractivity (Wildman–Crippen MR) is 61.9 cm³/mol. The zero-order valence-electron chi connectivity index (χ0n) is 8.36. The van der Waals surface area contributed by atoms with Crippen LogP contribution < -0.4 is 5.32 Å². The molecule has 1 atom stereocenters. The van der Waals surface area contributed by atoms with Crippen molar-refractivity contribution in [1.82, 2.24) is 9.59 Å². The van der Waals surface area contributed by atoms with Gasteiger partial charge in [0.25, 0.3) is 0 Å². The van der Waals surface area contributed by atoms with Crippen LogP contribution in [0.2, 0.25) is 0 Å². The Labute approximate surface area is 92.3 Å². The van der Waals surface area contributed by atoms with Crippen molar-refractivity contribution < 1.29 is 5.11 Å². The van der Waals surface area contributed by atoms with Gasteiger partial charge in [0.05, 0.1) is 0 Å². The molecular weight excluding hydrogens is 218 g/mol. The number of rotatable bonds is 6. The summed E-state index contributed by atoms with van der Waals surface area (Å²) in [5.74, 6) is 0.855. The average Bonchev–Trinajstić information content (AvgIpc) is 2.62. The van der Waals surface area contributed by atoms with Gasteiger partial charge in [-0.15, -0.1) is 5.10 Å². The van der Waals surface area contributed by atoms with E-state index in [1.807, 2.05) is 7.05 Å². The predicted octanol–water partition coefficient (Wildman–Crippen LogP) is 1.58. The van der Waals surface area contributed by atoms with Gasteiger partial charge in [-0.25, -0.2) is 0 Å². The molecule has 0 fully saturated rings. The third-order valence-electron chi connectivity index (χ3n) is 1.82. The van der Waals surface area contributed by atoms with Crippen LogP contribution in [0.3, 0.4) is 0 Å². The van der Waals surface area contributed by atoms with Crippen LogP contribution >= 0.6 is 23.3 Å². The van der Waals surface area contributed by atoms with Gasteiger partial charge in [-0.05, 0) is 6.42 Å². The summed E-state index contributed by atoms with van der Waals surface area (Å²) in [4.78, 5) is 0. The Morgan fingerprint density at radius 1 is 1.64 bits per heavy atom. The smallest absolute Gasteiger partial charge is 0.133 e. The lowest BCUT2D eigenvalue weighted by atomic mass is 10.3. The van der Waals surface area contributed by atoms with E-state index in [0.29, 0.717) is 5.25 Å². The molecule has 0 spiro atoms. The highest BCUT2D eigenvalue weighted by molar-refractivity contribution is 7.99. The molecule has 1 unspecified atom stereocenters. The Morgan fingerprint density at radius 3 is 3.07 bits per heavy atom. The lowest BCUT2D eigenvalue weighted by Crippen LogP contribution is -2.01. The van der Waals surface area contributed by atoms with Crippen molar-refractivity contribution in [3.63, 3.8) is 0 Å². The molecule has 2 N–H and O–H groups in total. The van der Waals surface area contributed by atoms with Gasteiger partial charge in [-0.3, -0.25) is 0 Å². The molecule has 4 nitrogen and oxygen atoms in total. The summed E-state index contributed by atoms with van der Waals surface area (Å²) >= 11 is 3.17. The first-order chi connectivity index (χ1) is 6.77. The number of aliphatic hydroxyl groups excluding tert-OH is 1. The Bertz CT molecular complexity index is 267. The van der Waals surface area contributed by atoms with Gasteiger partial charge in [-0.1, -0.05) is 11.4 Å². The fourth-order valence-electron chi connectivity index (χ4n) is 0.979. The van der Waals surface area contributed by atoms with E-state index in [1.165, 1.54) is 11.5 Å². The summed E-state index contributed by atoms with van der Waals surface area (Å²) in [6.07, 6.45) is 0.830. The van der Waals surface area contributed by atoms with Crippen molar-refractivity contribution in [2.75, 3.05) is 19.0 Å². The first kappa shape index (κ1) is 11.7. The molecule has 0 aliphatic rings. The van der Waals surface area contributed by atoms with Crippen molar-refractivity contribution in [2.45, 2.75) is 24.3 Å². The minimum Gasteiger partial charge on any atom is -0.396 e. The second-order valence-corrected chi connectivity index (χ2v) is 5.11. The van der Waals surface area contributed by atoms with Crippen LogP contribution in [0.5, 0.6) is 0 Å². The molecule has 1 aromatic heterocycles. The maximum absolute atomic E-state index is 8.74. The average molecular weight is 233 g/mol. The summed E-state index contributed by atoms with van der Waals surface area (Å²) in [6.45, 7) is 2.36. The molecule has 1 aromatic rings. The molecule has 0 aliphatic heterocycles. The number of nitrogens with zero attached hydrogens (tertiary/aromatic N) is 2. The molecule has 0 bridgehead atoms. The highest BCUT2D eigenvalue weighted by Crippen LogP contribution is 2.25. The molecule has 1 rings (SSSR count). The zero-order chi connectivity index (χ0) is 10.4. The van der Waals surface area contributed by atoms with Crippen LogP contribution in [0.25, 0.3) is 0 Å². The molecule has 14 heavy (non-hydrogen) atoms. The van der Waals surface area contributed by atoms with Crippen LogP contribution in [0.1, 0.15) is 19.0 Å². The third kappa shape index (κ3) is 3.43. The molecule has 1 heterocycles. The number of aromatic nitrogens is 2. The number of aliphatic hydroxyl groups is 1. The lowest BCUT2D eigenvalue weighted by molar-refractivity contribution is 0.289. The number of nitrogens with one attached hydrogen (secondary N) is 1. The third-order valence-corrected chi connectivity index (χ3v) is 3.85. The largest absolute Gasteiger partial charge is 0.396 e. The molecule has 0 radical (unpaired) electrons. The monoisotopic (exact) mass is 233 g/mol. The minimum absolute atomic E-state index is 0.252. The molecule has 0 aromatic carbocycles. The second kappa shape index (κ2) is 6.21. The van der Waals surface area contributed by atoms with Crippen LogP contribution in [-0.2, 0) is 5.75 Å². The minimum atomic E-state index is 0.252. The summed E-state index contributed by atoms with van der Waals surface area (Å²) in [5, 5.41) is 17.3. The van der Waals surface area contributed by atoms with Gasteiger partial charge in [0.15, 0.2) is 0 Å². The molecule has 0 saturated heterocycles. The number of anilines is 1. The van der Waals surface area contributed by atoms with Gasteiger partial charge in [0.1, 0.15) is 10.7 Å². The standard InChI is InChI=1S/C8H15N3OS2/c1-6(3-4-12)13-5-7-8(9-2)14-11-10-7/h6,9,12H,3-5H2,1-2H3. The van der Waals surface area contributed by atoms with Gasteiger partial charge in [0.2, 0.25) is 0 Å². The lowest BCUT2D eigenvalue weighted by Gasteiger charge is -2.07. The SMILES string of the molecule is CNc1snnc1CSC(C)CCO. The first-order valence-corrected chi connectivity index (χ1v) is 6.31. The quantitative estimate of drug-likeness (QED) is 0.781. The summed E-state index contributed by atoms with van der Waals surface area (Å²) in [7, 11) is 1.88. The number of hydrogen-bond acceptors (Lipinski definition) is 6. The van der Waals surface area contributed by atoms with E-state index < -0.39 is 0 Å². The van der Waals surface area contributed by atoms with Crippen LogP contribution in [0, 0.1) is 0 Å². The molecule has 0 saturated carbocycles. The second-order valence-electron chi connectivity index (χ2n) is 2.93. The first-order valence-electron chi connectivity index (χ1n) is 4.49.